The Morgan fingerprint density at radius 1 is 1.03 bits per heavy atom. The fraction of sp³-hybridized carbons (Fsp3) is 0.762. The number of rotatable bonds is 5. The number of nitrogens with zero attached hydrogens (tertiary/aromatic N) is 2. The summed E-state index contributed by atoms with van der Waals surface area (Å²) in [6.45, 7) is 18.6. The molecule has 1 saturated heterocycles. The van der Waals surface area contributed by atoms with Crippen LogP contribution in [-0.4, -0.2) is 64.6 Å². The van der Waals surface area contributed by atoms with Crippen molar-refractivity contribution in [2.24, 2.45) is 0 Å². The average molecular weight is 453 g/mol. The van der Waals surface area contributed by atoms with Crippen LogP contribution >= 0.6 is 0 Å². The predicted molar refractivity (Wildman–Crippen MR) is 119 cm³/mol. The summed E-state index contributed by atoms with van der Waals surface area (Å²) in [5, 5.41) is 6.84. The molecule has 1 fully saturated rings. The van der Waals surface area contributed by atoms with E-state index in [-0.39, 0.29) is 19.0 Å². The smallest absolute Gasteiger partial charge is 0.475 e. The maximum absolute atomic E-state index is 12.5. The van der Waals surface area contributed by atoms with Crippen LogP contribution in [0.1, 0.15) is 69.2 Å². The molecule has 1 N–H and O–H groups in total. The van der Waals surface area contributed by atoms with Crippen molar-refractivity contribution in [3.63, 3.8) is 0 Å². The molecule has 0 unspecified atom stereocenters. The molecule has 0 bridgehead atoms. The van der Waals surface area contributed by atoms with E-state index >= 15 is 0 Å². The Labute approximate surface area is 190 Å². The second kappa shape index (κ2) is 8.94. The quantitative estimate of drug-likeness (QED) is 0.536. The molecule has 0 aliphatic carbocycles. The van der Waals surface area contributed by atoms with Crippen molar-refractivity contribution in [3.8, 4) is 5.88 Å². The Hall–Kier alpha value is -2.27. The molecule has 11 heteroatoms. The summed E-state index contributed by atoms with van der Waals surface area (Å²) in [6, 6.07) is 0. The van der Waals surface area contributed by atoms with Gasteiger partial charge in [-0.05, 0) is 69.2 Å². The summed E-state index contributed by atoms with van der Waals surface area (Å²) in [5.74, 6) is 0.153. The Bertz CT molecular complexity index is 821. The van der Waals surface area contributed by atoms with Gasteiger partial charge in [-0.3, -0.25) is 0 Å². The molecule has 0 aromatic carbocycles. The molecule has 10 nitrogen and oxygen atoms in total. The molecule has 2 heterocycles. The summed E-state index contributed by atoms with van der Waals surface area (Å²) in [4.78, 5) is 24.3. The van der Waals surface area contributed by atoms with Gasteiger partial charge in [0.05, 0.1) is 23.2 Å². The van der Waals surface area contributed by atoms with Crippen LogP contribution < -0.4 is 15.5 Å². The standard InChI is InChI=1S/C21H36BN3O7/c1-18(2,3)29-16(26)23-11-12-28-15-14(22-31-20(7,8)21(9,10)32-22)13-25(24-15)17(27)30-19(4,5)6/h13H,11-12H2,1-10H3,(H,23,26). The topological polar surface area (TPSA) is 110 Å². The number of carbonyl (C=O) groups is 2. The molecular weight excluding hydrogens is 417 g/mol. The summed E-state index contributed by atoms with van der Waals surface area (Å²) in [6.07, 6.45) is 0.274. The third kappa shape index (κ3) is 6.87. The first-order valence-corrected chi connectivity index (χ1v) is 10.7. The molecule has 32 heavy (non-hydrogen) atoms. The van der Waals surface area contributed by atoms with Crippen LogP contribution in [0.5, 0.6) is 5.88 Å². The maximum atomic E-state index is 12.5. The van der Waals surface area contributed by atoms with Gasteiger partial charge in [-0.2, -0.15) is 4.68 Å². The molecule has 180 valence electrons. The van der Waals surface area contributed by atoms with Gasteiger partial charge in [-0.25, -0.2) is 9.59 Å². The molecule has 0 saturated carbocycles. The number of amides is 1. The van der Waals surface area contributed by atoms with E-state index in [1.807, 2.05) is 27.7 Å². The zero-order chi connectivity index (χ0) is 24.5. The molecular formula is C21H36BN3O7. The minimum absolute atomic E-state index is 0.0943. The highest BCUT2D eigenvalue weighted by Crippen LogP contribution is 2.37. The highest BCUT2D eigenvalue weighted by Gasteiger charge is 2.53. The first-order chi connectivity index (χ1) is 14.4. The normalized spacial score (nSPS) is 17.8. The second-order valence-corrected chi connectivity index (χ2v) is 10.7. The molecule has 1 aliphatic rings. The molecule has 2 rings (SSSR count). The van der Waals surface area contributed by atoms with Gasteiger partial charge in [0, 0.05) is 6.20 Å². The Kier molecular flexibility index (Phi) is 7.26. The highest BCUT2D eigenvalue weighted by atomic mass is 16.7. The Morgan fingerprint density at radius 2 is 1.56 bits per heavy atom. The Morgan fingerprint density at radius 3 is 2.06 bits per heavy atom. The number of carbonyl (C=O) groups excluding carboxylic acids is 2. The third-order valence-electron chi connectivity index (χ3n) is 4.80. The zero-order valence-corrected chi connectivity index (χ0v) is 20.8. The van der Waals surface area contributed by atoms with Crippen LogP contribution in [0.15, 0.2) is 6.20 Å². The minimum Gasteiger partial charge on any atom is -0.475 e. The molecule has 0 radical (unpaired) electrons. The van der Waals surface area contributed by atoms with Crippen LogP contribution in [0.4, 0.5) is 9.59 Å². The number of aromatic nitrogens is 2. The first kappa shape index (κ1) is 26.0. The molecule has 1 aliphatic heterocycles. The number of alkyl carbamates (subject to hydrolysis) is 1. The van der Waals surface area contributed by atoms with E-state index in [0.29, 0.717) is 5.46 Å². The largest absolute Gasteiger partial charge is 0.502 e. The number of hydrogen-bond donors (Lipinski definition) is 1. The summed E-state index contributed by atoms with van der Waals surface area (Å²) < 4.78 is 29.6. The van der Waals surface area contributed by atoms with E-state index in [4.69, 9.17) is 23.5 Å². The molecule has 1 aromatic heterocycles. The van der Waals surface area contributed by atoms with Crippen molar-refractivity contribution < 1.29 is 33.1 Å². The van der Waals surface area contributed by atoms with Crippen LogP contribution in [0, 0.1) is 0 Å². The molecule has 0 spiro atoms. The fourth-order valence-electron chi connectivity index (χ4n) is 2.63. The van der Waals surface area contributed by atoms with Gasteiger partial charge in [-0.1, -0.05) is 0 Å². The lowest BCUT2D eigenvalue weighted by molar-refractivity contribution is 0.00578. The number of nitrogens with one attached hydrogen (secondary N) is 1. The van der Waals surface area contributed by atoms with Crippen molar-refractivity contribution in [3.05, 3.63) is 6.20 Å². The van der Waals surface area contributed by atoms with Gasteiger partial charge in [0.15, 0.2) is 0 Å². The Balaban J connectivity index is 2.15. The van der Waals surface area contributed by atoms with Crippen LogP contribution in [0.2, 0.25) is 0 Å². The fourth-order valence-corrected chi connectivity index (χ4v) is 2.63. The van der Waals surface area contributed by atoms with Crippen LogP contribution in [0.25, 0.3) is 0 Å². The highest BCUT2D eigenvalue weighted by molar-refractivity contribution is 6.63. The number of hydrogen-bond acceptors (Lipinski definition) is 8. The minimum atomic E-state index is -0.787. The van der Waals surface area contributed by atoms with E-state index in [0.717, 1.165) is 4.68 Å². The van der Waals surface area contributed by atoms with Crippen molar-refractivity contribution in [2.75, 3.05) is 13.2 Å². The first-order valence-electron chi connectivity index (χ1n) is 10.7. The molecule has 1 amide bonds. The molecule has 0 atom stereocenters. The van der Waals surface area contributed by atoms with Crippen molar-refractivity contribution >= 4 is 24.8 Å². The lowest BCUT2D eigenvalue weighted by Gasteiger charge is -2.32. The SMILES string of the molecule is CC(C)(C)OC(=O)NCCOc1nn(C(=O)OC(C)(C)C)cc1B1OC(C)(C)C(C)(C)O1. The average Bonchev–Trinajstić information content (AvgIpc) is 3.07. The van der Waals surface area contributed by atoms with Crippen molar-refractivity contribution in [1.82, 2.24) is 15.1 Å². The molecule has 1 aromatic rings. The third-order valence-corrected chi connectivity index (χ3v) is 4.80. The monoisotopic (exact) mass is 453 g/mol. The van der Waals surface area contributed by atoms with Crippen LogP contribution in [0.3, 0.4) is 0 Å². The van der Waals surface area contributed by atoms with Gasteiger partial charge >= 0.3 is 19.3 Å². The van der Waals surface area contributed by atoms with Crippen LogP contribution in [-0.2, 0) is 18.8 Å². The lowest BCUT2D eigenvalue weighted by Crippen LogP contribution is -2.41. The van der Waals surface area contributed by atoms with E-state index < -0.39 is 41.7 Å². The summed E-state index contributed by atoms with van der Waals surface area (Å²) >= 11 is 0. The van der Waals surface area contributed by atoms with Crippen molar-refractivity contribution in [1.29, 1.82) is 0 Å². The van der Waals surface area contributed by atoms with Gasteiger partial charge in [0.25, 0.3) is 0 Å². The van der Waals surface area contributed by atoms with E-state index in [1.54, 1.807) is 41.5 Å². The zero-order valence-electron chi connectivity index (χ0n) is 20.8. The van der Waals surface area contributed by atoms with Gasteiger partial charge in [0.1, 0.15) is 17.8 Å². The second-order valence-electron chi connectivity index (χ2n) is 10.7. The summed E-state index contributed by atoms with van der Waals surface area (Å²) in [5.41, 5.74) is -2.00. The summed E-state index contributed by atoms with van der Waals surface area (Å²) in [7, 11) is -0.787. The predicted octanol–water partition coefficient (Wildman–Crippen LogP) is 2.87. The number of ether oxygens (including phenoxy) is 3. The van der Waals surface area contributed by atoms with E-state index in [9.17, 15) is 9.59 Å². The van der Waals surface area contributed by atoms with Gasteiger partial charge in [0.2, 0.25) is 5.88 Å². The van der Waals surface area contributed by atoms with Crippen molar-refractivity contribution in [2.45, 2.75) is 91.6 Å². The lowest BCUT2D eigenvalue weighted by atomic mass is 9.81. The van der Waals surface area contributed by atoms with E-state index in [1.165, 1.54) is 6.20 Å². The maximum Gasteiger partial charge on any atom is 0.502 e. The van der Waals surface area contributed by atoms with Gasteiger partial charge in [-0.15, -0.1) is 5.10 Å². The van der Waals surface area contributed by atoms with Gasteiger partial charge < -0.3 is 28.8 Å². The van der Waals surface area contributed by atoms with E-state index in [2.05, 4.69) is 10.4 Å².